The van der Waals surface area contributed by atoms with Crippen molar-refractivity contribution in [1.29, 1.82) is 0 Å². The molecular formula is C14H19N3. The molecule has 0 bridgehead atoms. The average Bonchev–Trinajstić information content (AvgIpc) is 2.37. The molecule has 0 aromatic heterocycles. The Morgan fingerprint density at radius 1 is 1.29 bits per heavy atom. The molecule has 1 aromatic rings. The summed E-state index contributed by atoms with van der Waals surface area (Å²) in [5.41, 5.74) is 7.75. The summed E-state index contributed by atoms with van der Waals surface area (Å²) < 4.78 is 0. The van der Waals surface area contributed by atoms with Crippen LogP contribution in [0.5, 0.6) is 0 Å². The molecule has 0 spiro atoms. The standard InChI is InChI=1S/C14H19N3/c1-3-12-17(16-2)14-9-7-13(8-10-14)6-4-5-11-15/h1,7-10H,2,4-6,11-12,15H2. The van der Waals surface area contributed by atoms with E-state index in [1.54, 1.807) is 5.01 Å². The van der Waals surface area contributed by atoms with Gasteiger partial charge >= 0.3 is 0 Å². The zero-order valence-corrected chi connectivity index (χ0v) is 10.1. The van der Waals surface area contributed by atoms with Gasteiger partial charge < -0.3 is 5.73 Å². The number of unbranched alkanes of at least 4 members (excludes halogenated alkanes) is 1. The van der Waals surface area contributed by atoms with Crippen LogP contribution in [-0.2, 0) is 6.42 Å². The molecule has 0 atom stereocenters. The third kappa shape index (κ3) is 4.29. The number of nitrogens with two attached hydrogens (primary N) is 1. The van der Waals surface area contributed by atoms with E-state index < -0.39 is 0 Å². The fourth-order valence-corrected chi connectivity index (χ4v) is 1.62. The quantitative estimate of drug-likeness (QED) is 0.336. The summed E-state index contributed by atoms with van der Waals surface area (Å²) in [7, 11) is 0. The van der Waals surface area contributed by atoms with Crippen molar-refractivity contribution in [1.82, 2.24) is 0 Å². The molecule has 0 heterocycles. The molecule has 0 saturated carbocycles. The van der Waals surface area contributed by atoms with Gasteiger partial charge in [0.05, 0.1) is 5.69 Å². The first kappa shape index (κ1) is 13.3. The predicted molar refractivity (Wildman–Crippen MR) is 74.2 cm³/mol. The van der Waals surface area contributed by atoms with Crippen LogP contribution < -0.4 is 10.7 Å². The van der Waals surface area contributed by atoms with E-state index in [2.05, 4.69) is 29.9 Å². The lowest BCUT2D eigenvalue weighted by Gasteiger charge is -2.15. The van der Waals surface area contributed by atoms with E-state index in [4.69, 9.17) is 12.2 Å². The van der Waals surface area contributed by atoms with Crippen molar-refractivity contribution in [2.45, 2.75) is 19.3 Å². The zero-order valence-electron chi connectivity index (χ0n) is 10.1. The molecule has 0 amide bonds. The number of nitrogens with zero attached hydrogens (tertiary/aromatic N) is 2. The monoisotopic (exact) mass is 229 g/mol. The average molecular weight is 229 g/mol. The van der Waals surface area contributed by atoms with Crippen LogP contribution >= 0.6 is 0 Å². The second-order valence-corrected chi connectivity index (χ2v) is 3.82. The van der Waals surface area contributed by atoms with Gasteiger partial charge in [-0.2, -0.15) is 5.10 Å². The maximum atomic E-state index is 5.46. The van der Waals surface area contributed by atoms with E-state index in [1.165, 1.54) is 5.56 Å². The van der Waals surface area contributed by atoms with Crippen molar-refractivity contribution in [3.63, 3.8) is 0 Å². The first-order valence-corrected chi connectivity index (χ1v) is 5.78. The minimum absolute atomic E-state index is 0.440. The molecule has 2 N–H and O–H groups in total. The van der Waals surface area contributed by atoms with Crippen LogP contribution in [0.25, 0.3) is 0 Å². The minimum Gasteiger partial charge on any atom is -0.330 e. The van der Waals surface area contributed by atoms with Crippen LogP contribution in [0.15, 0.2) is 29.4 Å². The van der Waals surface area contributed by atoms with Gasteiger partial charge in [0, 0.05) is 6.72 Å². The molecule has 0 aliphatic heterocycles. The van der Waals surface area contributed by atoms with Crippen molar-refractivity contribution < 1.29 is 0 Å². The smallest absolute Gasteiger partial charge is 0.102 e. The molecule has 0 radical (unpaired) electrons. The van der Waals surface area contributed by atoms with Gasteiger partial charge in [-0.05, 0) is 43.5 Å². The van der Waals surface area contributed by atoms with Gasteiger partial charge in [-0.25, -0.2) is 0 Å². The molecule has 3 heteroatoms. The van der Waals surface area contributed by atoms with Crippen LogP contribution in [-0.4, -0.2) is 19.8 Å². The highest BCUT2D eigenvalue weighted by atomic mass is 15.4. The van der Waals surface area contributed by atoms with E-state index in [0.717, 1.165) is 31.5 Å². The normalized spacial score (nSPS) is 9.65. The maximum Gasteiger partial charge on any atom is 0.102 e. The second-order valence-electron chi connectivity index (χ2n) is 3.82. The van der Waals surface area contributed by atoms with Crippen molar-refractivity contribution in [2.24, 2.45) is 10.8 Å². The lowest BCUT2D eigenvalue weighted by atomic mass is 10.1. The van der Waals surface area contributed by atoms with Crippen LogP contribution in [0.3, 0.4) is 0 Å². The van der Waals surface area contributed by atoms with Gasteiger partial charge in [-0.3, -0.25) is 5.01 Å². The minimum atomic E-state index is 0.440. The molecule has 0 saturated heterocycles. The summed E-state index contributed by atoms with van der Waals surface area (Å²) >= 11 is 0. The van der Waals surface area contributed by atoms with Gasteiger partial charge in [0.1, 0.15) is 6.54 Å². The van der Waals surface area contributed by atoms with Gasteiger partial charge in [0.15, 0.2) is 0 Å². The van der Waals surface area contributed by atoms with Crippen LogP contribution in [0.4, 0.5) is 5.69 Å². The molecule has 90 valence electrons. The van der Waals surface area contributed by atoms with E-state index in [-0.39, 0.29) is 0 Å². The number of benzene rings is 1. The fourth-order valence-electron chi connectivity index (χ4n) is 1.62. The van der Waals surface area contributed by atoms with E-state index >= 15 is 0 Å². The van der Waals surface area contributed by atoms with Crippen LogP contribution in [0.1, 0.15) is 18.4 Å². The lowest BCUT2D eigenvalue weighted by Crippen LogP contribution is -2.15. The number of anilines is 1. The van der Waals surface area contributed by atoms with Crippen molar-refractivity contribution in [3.05, 3.63) is 29.8 Å². The highest BCUT2D eigenvalue weighted by molar-refractivity contribution is 5.49. The number of aryl methyl sites for hydroxylation is 1. The van der Waals surface area contributed by atoms with Gasteiger partial charge in [0.2, 0.25) is 0 Å². The fraction of sp³-hybridized carbons (Fsp3) is 0.357. The number of terminal acetylenes is 1. The van der Waals surface area contributed by atoms with Crippen molar-refractivity contribution >= 4 is 12.4 Å². The molecule has 0 unspecified atom stereocenters. The third-order valence-corrected chi connectivity index (χ3v) is 2.57. The summed E-state index contributed by atoms with van der Waals surface area (Å²) in [5.74, 6) is 2.55. The SMILES string of the molecule is C#CCN(N=C)c1ccc(CCCCN)cc1. The summed E-state index contributed by atoms with van der Waals surface area (Å²) in [4.78, 5) is 0. The Kier molecular flexibility index (Phi) is 5.84. The largest absolute Gasteiger partial charge is 0.330 e. The summed E-state index contributed by atoms with van der Waals surface area (Å²) in [5, 5.41) is 5.58. The maximum absolute atomic E-state index is 5.46. The first-order chi connectivity index (χ1) is 8.31. The third-order valence-electron chi connectivity index (χ3n) is 2.57. The Morgan fingerprint density at radius 3 is 2.53 bits per heavy atom. The predicted octanol–water partition coefficient (Wildman–Crippen LogP) is 2.02. The number of rotatable bonds is 7. The van der Waals surface area contributed by atoms with E-state index in [0.29, 0.717) is 6.54 Å². The van der Waals surface area contributed by atoms with Gasteiger partial charge in [-0.15, -0.1) is 6.42 Å². The Morgan fingerprint density at radius 2 is 2.00 bits per heavy atom. The van der Waals surface area contributed by atoms with Crippen molar-refractivity contribution in [3.8, 4) is 12.3 Å². The topological polar surface area (TPSA) is 41.6 Å². The molecule has 1 aromatic carbocycles. The number of hydrazone groups is 1. The highest BCUT2D eigenvalue weighted by Gasteiger charge is 2.01. The second kappa shape index (κ2) is 7.48. The molecule has 1 rings (SSSR count). The molecule has 3 nitrogen and oxygen atoms in total. The van der Waals surface area contributed by atoms with Crippen molar-refractivity contribution in [2.75, 3.05) is 18.1 Å². The summed E-state index contributed by atoms with van der Waals surface area (Å²) in [6.45, 7) is 4.70. The Balaban J connectivity index is 2.60. The zero-order chi connectivity index (χ0) is 12.5. The summed E-state index contributed by atoms with van der Waals surface area (Å²) in [6, 6.07) is 8.23. The lowest BCUT2D eigenvalue weighted by molar-refractivity contribution is 0.745. The Labute approximate surface area is 103 Å². The van der Waals surface area contributed by atoms with Gasteiger partial charge in [-0.1, -0.05) is 18.1 Å². The molecule has 0 aliphatic carbocycles. The molecule has 17 heavy (non-hydrogen) atoms. The van der Waals surface area contributed by atoms with Gasteiger partial charge in [0.25, 0.3) is 0 Å². The van der Waals surface area contributed by atoms with E-state index in [9.17, 15) is 0 Å². The highest BCUT2D eigenvalue weighted by Crippen LogP contribution is 2.16. The van der Waals surface area contributed by atoms with Crippen LogP contribution in [0, 0.1) is 12.3 Å². The first-order valence-electron chi connectivity index (χ1n) is 5.78. The molecule has 0 fully saturated rings. The number of hydrogen-bond donors (Lipinski definition) is 1. The summed E-state index contributed by atoms with van der Waals surface area (Å²) in [6.07, 6.45) is 8.52. The molecule has 0 aliphatic rings. The van der Waals surface area contributed by atoms with E-state index in [1.807, 2.05) is 12.1 Å². The Hall–Kier alpha value is -1.79. The Bertz CT molecular complexity index is 375. The van der Waals surface area contributed by atoms with Crippen LogP contribution in [0.2, 0.25) is 0 Å². The molecular weight excluding hydrogens is 210 g/mol. The number of hydrogen-bond acceptors (Lipinski definition) is 3.